The Morgan fingerprint density at radius 2 is 1.64 bits per heavy atom. The van der Waals surface area contributed by atoms with Crippen LogP contribution in [-0.4, -0.2) is 31.9 Å². The first kappa shape index (κ1) is 20.7. The summed E-state index contributed by atoms with van der Waals surface area (Å²) in [5.74, 6) is -1.21. The van der Waals surface area contributed by atoms with Crippen molar-refractivity contribution < 1.29 is 21.9 Å². The third kappa shape index (κ3) is 5.73. The summed E-state index contributed by atoms with van der Waals surface area (Å²) in [5, 5.41) is 0. The Kier molecular flexibility index (Phi) is 6.64. The SMILES string of the molecule is CN(Cc1ccccc1)S(=O)(=O)NC1CCC(Oc2cc(F)cc(F)c2)CC1. The molecule has 0 radical (unpaired) electrons. The molecule has 2 aromatic carbocycles. The highest BCUT2D eigenvalue weighted by Crippen LogP contribution is 2.25. The number of hydrogen-bond donors (Lipinski definition) is 1. The summed E-state index contributed by atoms with van der Waals surface area (Å²) < 4.78 is 61.3. The predicted octanol–water partition coefficient (Wildman–Crippen LogP) is 3.62. The van der Waals surface area contributed by atoms with E-state index in [4.69, 9.17) is 4.74 Å². The topological polar surface area (TPSA) is 58.6 Å². The lowest BCUT2D eigenvalue weighted by molar-refractivity contribution is 0.143. The summed E-state index contributed by atoms with van der Waals surface area (Å²) in [6, 6.07) is 12.3. The summed E-state index contributed by atoms with van der Waals surface area (Å²) >= 11 is 0. The van der Waals surface area contributed by atoms with Crippen LogP contribution < -0.4 is 9.46 Å². The molecule has 0 amide bonds. The van der Waals surface area contributed by atoms with E-state index in [-0.39, 0.29) is 17.9 Å². The molecular weight excluding hydrogens is 386 g/mol. The van der Waals surface area contributed by atoms with Crippen molar-refractivity contribution in [2.24, 2.45) is 0 Å². The summed E-state index contributed by atoms with van der Waals surface area (Å²) in [6.07, 6.45) is 2.22. The van der Waals surface area contributed by atoms with Gasteiger partial charge in [-0.2, -0.15) is 17.4 Å². The molecule has 0 saturated heterocycles. The van der Waals surface area contributed by atoms with Crippen LogP contribution in [0.5, 0.6) is 5.75 Å². The van der Waals surface area contributed by atoms with Gasteiger partial charge in [-0.1, -0.05) is 30.3 Å². The molecule has 1 saturated carbocycles. The monoisotopic (exact) mass is 410 g/mol. The molecule has 5 nitrogen and oxygen atoms in total. The average molecular weight is 410 g/mol. The van der Waals surface area contributed by atoms with E-state index in [2.05, 4.69) is 4.72 Å². The van der Waals surface area contributed by atoms with Crippen LogP contribution in [0.25, 0.3) is 0 Å². The number of rotatable bonds is 7. The Labute approximate surface area is 164 Å². The van der Waals surface area contributed by atoms with Gasteiger partial charge in [-0.15, -0.1) is 0 Å². The van der Waals surface area contributed by atoms with Gasteiger partial charge in [0, 0.05) is 37.8 Å². The maximum Gasteiger partial charge on any atom is 0.279 e. The zero-order valence-electron chi connectivity index (χ0n) is 15.6. The second-order valence-electron chi connectivity index (χ2n) is 7.06. The van der Waals surface area contributed by atoms with Crippen LogP contribution in [0.3, 0.4) is 0 Å². The third-order valence-electron chi connectivity index (χ3n) is 4.79. The molecule has 0 aromatic heterocycles. The fourth-order valence-corrected chi connectivity index (χ4v) is 4.47. The lowest BCUT2D eigenvalue weighted by Gasteiger charge is -2.30. The first-order valence-corrected chi connectivity index (χ1v) is 10.7. The predicted molar refractivity (Wildman–Crippen MR) is 103 cm³/mol. The van der Waals surface area contributed by atoms with Crippen molar-refractivity contribution in [2.45, 2.75) is 44.4 Å². The number of nitrogens with one attached hydrogen (secondary N) is 1. The first-order chi connectivity index (χ1) is 13.3. The smallest absolute Gasteiger partial charge is 0.279 e. The number of benzene rings is 2. The zero-order valence-corrected chi connectivity index (χ0v) is 16.5. The quantitative estimate of drug-likeness (QED) is 0.759. The number of hydrogen-bond acceptors (Lipinski definition) is 3. The highest BCUT2D eigenvalue weighted by molar-refractivity contribution is 7.87. The van der Waals surface area contributed by atoms with Gasteiger partial charge in [0.2, 0.25) is 0 Å². The van der Waals surface area contributed by atoms with Gasteiger partial charge in [0.1, 0.15) is 17.4 Å². The van der Waals surface area contributed by atoms with Gasteiger partial charge in [0.15, 0.2) is 0 Å². The molecule has 1 aliphatic carbocycles. The number of halogens is 2. The fraction of sp³-hybridized carbons (Fsp3) is 0.400. The van der Waals surface area contributed by atoms with Crippen molar-refractivity contribution in [3.63, 3.8) is 0 Å². The van der Waals surface area contributed by atoms with E-state index in [1.807, 2.05) is 30.3 Å². The molecular formula is C20H24F2N2O3S. The Balaban J connectivity index is 1.50. The molecule has 152 valence electrons. The summed E-state index contributed by atoms with van der Waals surface area (Å²) in [7, 11) is -2.06. The van der Waals surface area contributed by atoms with E-state index < -0.39 is 21.8 Å². The van der Waals surface area contributed by atoms with Crippen molar-refractivity contribution in [3.05, 3.63) is 65.7 Å². The zero-order chi connectivity index (χ0) is 20.1. The minimum absolute atomic E-state index is 0.157. The van der Waals surface area contributed by atoms with Crippen LogP contribution >= 0.6 is 0 Å². The average Bonchev–Trinajstić information content (AvgIpc) is 2.63. The summed E-state index contributed by atoms with van der Waals surface area (Å²) in [5.41, 5.74) is 0.912. The van der Waals surface area contributed by atoms with Crippen LogP contribution in [0.2, 0.25) is 0 Å². The maximum absolute atomic E-state index is 13.3. The molecule has 0 atom stereocenters. The van der Waals surface area contributed by atoms with Gasteiger partial charge >= 0.3 is 0 Å². The van der Waals surface area contributed by atoms with Crippen LogP contribution in [-0.2, 0) is 16.8 Å². The van der Waals surface area contributed by atoms with Crippen molar-refractivity contribution in [3.8, 4) is 5.75 Å². The summed E-state index contributed by atoms with van der Waals surface area (Å²) in [6.45, 7) is 0.291. The standard InChI is InChI=1S/C20H24F2N2O3S/c1-24(14-15-5-3-2-4-6-15)28(25,26)23-18-7-9-19(10-8-18)27-20-12-16(21)11-17(22)13-20/h2-6,11-13,18-19,23H,7-10,14H2,1H3. The van der Waals surface area contributed by atoms with E-state index in [9.17, 15) is 17.2 Å². The molecule has 0 bridgehead atoms. The van der Waals surface area contributed by atoms with Gasteiger partial charge < -0.3 is 4.74 Å². The Morgan fingerprint density at radius 3 is 2.25 bits per heavy atom. The highest BCUT2D eigenvalue weighted by atomic mass is 32.2. The van der Waals surface area contributed by atoms with Gasteiger partial charge in [-0.05, 0) is 31.2 Å². The van der Waals surface area contributed by atoms with Gasteiger partial charge in [0.25, 0.3) is 10.2 Å². The van der Waals surface area contributed by atoms with Crippen molar-refractivity contribution in [2.75, 3.05) is 7.05 Å². The molecule has 28 heavy (non-hydrogen) atoms. The molecule has 2 aromatic rings. The number of nitrogens with zero attached hydrogens (tertiary/aromatic N) is 1. The minimum atomic E-state index is -3.60. The van der Waals surface area contributed by atoms with E-state index in [0.717, 1.165) is 23.8 Å². The molecule has 1 fully saturated rings. The Morgan fingerprint density at radius 1 is 1.04 bits per heavy atom. The van der Waals surface area contributed by atoms with Crippen LogP contribution in [0.1, 0.15) is 31.2 Å². The van der Waals surface area contributed by atoms with E-state index >= 15 is 0 Å². The van der Waals surface area contributed by atoms with Crippen LogP contribution in [0.15, 0.2) is 48.5 Å². The van der Waals surface area contributed by atoms with E-state index in [1.54, 1.807) is 7.05 Å². The molecule has 0 aliphatic heterocycles. The van der Waals surface area contributed by atoms with Crippen molar-refractivity contribution in [1.29, 1.82) is 0 Å². The van der Waals surface area contributed by atoms with E-state index in [1.165, 1.54) is 4.31 Å². The first-order valence-electron chi connectivity index (χ1n) is 9.22. The molecule has 3 rings (SSSR count). The van der Waals surface area contributed by atoms with Crippen molar-refractivity contribution in [1.82, 2.24) is 9.03 Å². The van der Waals surface area contributed by atoms with Gasteiger partial charge in [-0.25, -0.2) is 8.78 Å². The molecule has 8 heteroatoms. The van der Waals surface area contributed by atoms with Crippen LogP contribution in [0, 0.1) is 11.6 Å². The Hall–Kier alpha value is -2.03. The maximum atomic E-state index is 13.3. The van der Waals surface area contributed by atoms with Gasteiger partial charge in [0.05, 0.1) is 6.10 Å². The second-order valence-corrected chi connectivity index (χ2v) is 8.87. The lowest BCUT2D eigenvalue weighted by atomic mass is 9.94. The largest absolute Gasteiger partial charge is 0.490 e. The highest BCUT2D eigenvalue weighted by Gasteiger charge is 2.28. The summed E-state index contributed by atoms with van der Waals surface area (Å²) in [4.78, 5) is 0. The van der Waals surface area contributed by atoms with Crippen LogP contribution in [0.4, 0.5) is 8.78 Å². The normalized spacial score (nSPS) is 20.3. The third-order valence-corrected chi connectivity index (χ3v) is 6.37. The molecule has 0 heterocycles. The number of ether oxygens (including phenoxy) is 1. The molecule has 0 unspecified atom stereocenters. The Bertz CT molecular complexity index is 865. The molecule has 1 N–H and O–H groups in total. The van der Waals surface area contributed by atoms with E-state index in [0.29, 0.717) is 32.2 Å². The fourth-order valence-electron chi connectivity index (χ4n) is 3.31. The molecule has 1 aliphatic rings. The van der Waals surface area contributed by atoms with Crippen molar-refractivity contribution >= 4 is 10.2 Å². The lowest BCUT2D eigenvalue weighted by Crippen LogP contribution is -2.45. The van der Waals surface area contributed by atoms with Gasteiger partial charge in [-0.3, -0.25) is 0 Å². The second kappa shape index (κ2) is 8.98. The molecule has 0 spiro atoms. The minimum Gasteiger partial charge on any atom is -0.490 e.